The smallest absolute Gasteiger partial charge is 0.285 e. The Morgan fingerprint density at radius 2 is 1.82 bits per heavy atom. The van der Waals surface area contributed by atoms with Gasteiger partial charge in [0.05, 0.1) is 0 Å². The van der Waals surface area contributed by atoms with E-state index in [0.717, 1.165) is 13.1 Å². The minimum atomic E-state index is -2.06. The van der Waals surface area contributed by atoms with E-state index in [9.17, 15) is 9.32 Å². The van der Waals surface area contributed by atoms with Crippen LogP contribution in [0.15, 0.2) is 0 Å². The van der Waals surface area contributed by atoms with Crippen LogP contribution in [-0.4, -0.2) is 31.1 Å². The second kappa shape index (κ2) is 6.82. The molecule has 11 heavy (non-hydrogen) atoms. The zero-order valence-corrected chi connectivity index (χ0v) is 7.63. The first kappa shape index (κ1) is 11.1. The van der Waals surface area contributed by atoms with E-state index in [4.69, 9.17) is 0 Å². The maximum absolute atomic E-state index is 9.88. The van der Waals surface area contributed by atoms with Gasteiger partial charge in [0, 0.05) is 10.8 Å². The molecule has 0 heterocycles. The van der Waals surface area contributed by atoms with Gasteiger partial charge in [0.2, 0.25) is 0 Å². The first-order valence-electron chi connectivity index (χ1n) is 3.61. The van der Waals surface area contributed by atoms with Gasteiger partial charge in [-0.1, -0.05) is 13.8 Å². The second-order valence-corrected chi connectivity index (χ2v) is 2.63. The summed E-state index contributed by atoms with van der Waals surface area (Å²) in [6.45, 7) is 6.77. The van der Waals surface area contributed by atoms with Crippen LogP contribution in [0.25, 0.3) is 0 Å². The molecule has 0 N–H and O–H groups in total. The molecule has 0 spiro atoms. The summed E-state index contributed by atoms with van der Waals surface area (Å²) in [5, 5.41) is 0. The van der Waals surface area contributed by atoms with E-state index in [1.807, 2.05) is 13.8 Å². The van der Waals surface area contributed by atoms with Crippen molar-refractivity contribution < 1.29 is 24.4 Å². The monoisotopic (exact) mass is 183 g/mol. The summed E-state index contributed by atoms with van der Waals surface area (Å²) in [5.41, 5.74) is 0. The molecule has 0 unspecified atom stereocenters. The SMILES string of the molecule is CCN(CC)CCO[Cl+2]([O-])[O-]. The van der Waals surface area contributed by atoms with Crippen LogP contribution in [-0.2, 0) is 4.29 Å². The molecule has 0 aliphatic heterocycles. The molecule has 0 rings (SSSR count). The van der Waals surface area contributed by atoms with E-state index < -0.39 is 10.8 Å². The summed E-state index contributed by atoms with van der Waals surface area (Å²) in [4.78, 5) is 2.08. The molecule has 5 heteroatoms. The third-order valence-electron chi connectivity index (χ3n) is 1.47. The second-order valence-electron chi connectivity index (χ2n) is 2.03. The summed E-state index contributed by atoms with van der Waals surface area (Å²) in [7, 11) is -2.06. The highest BCUT2D eigenvalue weighted by Gasteiger charge is 2.07. The molecular weight excluding hydrogens is 170 g/mol. The van der Waals surface area contributed by atoms with Crippen LogP contribution >= 0.6 is 0 Å². The Bertz CT molecular complexity index is 87.9. The molecule has 0 bridgehead atoms. The molecule has 0 amide bonds. The number of hydrogen-bond acceptors (Lipinski definition) is 4. The van der Waals surface area contributed by atoms with Crippen LogP contribution < -0.4 is 9.32 Å². The Morgan fingerprint density at radius 1 is 1.27 bits per heavy atom. The molecule has 68 valence electrons. The van der Waals surface area contributed by atoms with Gasteiger partial charge in [-0.05, 0) is 13.1 Å². The Kier molecular flexibility index (Phi) is 6.90. The van der Waals surface area contributed by atoms with E-state index in [0.29, 0.717) is 6.54 Å². The molecule has 0 aliphatic rings. The van der Waals surface area contributed by atoms with Gasteiger partial charge in [-0.15, -0.1) is 0 Å². The Labute approximate surface area is 70.2 Å². The number of halogens is 1. The van der Waals surface area contributed by atoms with Crippen LogP contribution in [0, 0.1) is 10.8 Å². The maximum atomic E-state index is 9.88. The molecule has 0 atom stereocenters. The van der Waals surface area contributed by atoms with Crippen LogP contribution in [0.5, 0.6) is 0 Å². The van der Waals surface area contributed by atoms with Gasteiger partial charge in [-0.25, -0.2) is 0 Å². The summed E-state index contributed by atoms with van der Waals surface area (Å²) in [5.74, 6) is 0. The third-order valence-corrected chi connectivity index (χ3v) is 1.80. The predicted molar refractivity (Wildman–Crippen MR) is 33.7 cm³/mol. The van der Waals surface area contributed by atoms with Gasteiger partial charge in [-0.2, -0.15) is 0 Å². The molecule has 0 aliphatic carbocycles. The van der Waals surface area contributed by atoms with Crippen LogP contribution in [0.2, 0.25) is 0 Å². The highest BCUT2D eigenvalue weighted by molar-refractivity contribution is 4.48. The average Bonchev–Trinajstić information content (AvgIpc) is 1.98. The van der Waals surface area contributed by atoms with Crippen molar-refractivity contribution in [1.82, 2.24) is 4.90 Å². The van der Waals surface area contributed by atoms with E-state index in [1.54, 1.807) is 0 Å². The van der Waals surface area contributed by atoms with Crippen molar-refractivity contribution in [3.63, 3.8) is 0 Å². The van der Waals surface area contributed by atoms with Gasteiger partial charge < -0.3 is 14.2 Å². The molecule has 0 aromatic carbocycles. The van der Waals surface area contributed by atoms with Crippen molar-refractivity contribution in [2.24, 2.45) is 0 Å². The van der Waals surface area contributed by atoms with Crippen LogP contribution in [0.1, 0.15) is 13.8 Å². The molecular formula is C6H14ClNO3. The topological polar surface area (TPSA) is 58.6 Å². The lowest BCUT2D eigenvalue weighted by molar-refractivity contribution is -1.63. The minimum Gasteiger partial charge on any atom is -0.320 e. The lowest BCUT2D eigenvalue weighted by Crippen LogP contribution is -2.37. The fourth-order valence-electron chi connectivity index (χ4n) is 0.766. The maximum Gasteiger partial charge on any atom is 0.285 e. The molecule has 4 nitrogen and oxygen atoms in total. The number of likely N-dealkylation sites (N-methyl/N-ethyl adjacent to an activating group) is 1. The van der Waals surface area contributed by atoms with Crippen molar-refractivity contribution in [3.8, 4) is 0 Å². The quantitative estimate of drug-likeness (QED) is 0.500. The number of nitrogens with zero attached hydrogens (tertiary/aromatic N) is 1. The molecule has 0 aromatic rings. The van der Waals surface area contributed by atoms with Crippen LogP contribution in [0.3, 0.4) is 0 Å². The fourth-order valence-corrected chi connectivity index (χ4v) is 0.961. The Hall–Kier alpha value is 0.130. The van der Waals surface area contributed by atoms with Crippen molar-refractivity contribution in [2.75, 3.05) is 26.2 Å². The molecule has 0 aromatic heterocycles. The van der Waals surface area contributed by atoms with E-state index in [2.05, 4.69) is 9.19 Å². The number of rotatable bonds is 6. The Morgan fingerprint density at radius 3 is 2.18 bits per heavy atom. The largest absolute Gasteiger partial charge is 0.320 e. The summed E-state index contributed by atoms with van der Waals surface area (Å²) < 4.78 is 24.1. The lowest BCUT2D eigenvalue weighted by Gasteiger charge is -2.14. The molecule has 0 saturated heterocycles. The molecule has 0 fully saturated rings. The van der Waals surface area contributed by atoms with E-state index in [1.165, 1.54) is 0 Å². The van der Waals surface area contributed by atoms with Crippen molar-refractivity contribution >= 4 is 0 Å². The standard InChI is InChI=1S/C6H14ClNO3/c1-3-8(4-2)5-6-11-7(9)10/h3-6H2,1-2H3. The van der Waals surface area contributed by atoms with Gasteiger partial charge in [0.15, 0.2) is 6.61 Å². The highest BCUT2D eigenvalue weighted by atomic mass is 35.6. The van der Waals surface area contributed by atoms with E-state index >= 15 is 0 Å². The average molecular weight is 184 g/mol. The summed E-state index contributed by atoms with van der Waals surface area (Å²) >= 11 is 0. The first-order valence-corrected chi connectivity index (χ1v) is 4.54. The first-order chi connectivity index (χ1) is 5.20. The van der Waals surface area contributed by atoms with Crippen LogP contribution in [0.4, 0.5) is 0 Å². The van der Waals surface area contributed by atoms with Gasteiger partial charge in [-0.3, -0.25) is 0 Å². The zero-order chi connectivity index (χ0) is 8.69. The van der Waals surface area contributed by atoms with Crippen molar-refractivity contribution in [2.45, 2.75) is 13.8 Å². The minimum absolute atomic E-state index is 0.231. The van der Waals surface area contributed by atoms with Crippen molar-refractivity contribution in [1.29, 1.82) is 0 Å². The fraction of sp³-hybridized carbons (Fsp3) is 1.00. The van der Waals surface area contributed by atoms with Gasteiger partial charge >= 0.3 is 0 Å². The number of hydrogen-bond donors (Lipinski definition) is 0. The third kappa shape index (κ3) is 6.52. The zero-order valence-electron chi connectivity index (χ0n) is 6.88. The molecule has 0 radical (unpaired) electrons. The lowest BCUT2D eigenvalue weighted by atomic mass is 10.5. The molecule has 0 saturated carbocycles. The predicted octanol–water partition coefficient (Wildman–Crippen LogP) is -1.57. The summed E-state index contributed by atoms with van der Waals surface area (Å²) in [6, 6.07) is 0. The summed E-state index contributed by atoms with van der Waals surface area (Å²) in [6.07, 6.45) is 0. The van der Waals surface area contributed by atoms with E-state index in [-0.39, 0.29) is 6.61 Å². The van der Waals surface area contributed by atoms with Gasteiger partial charge in [0.25, 0.3) is 10.8 Å². The highest BCUT2D eigenvalue weighted by Crippen LogP contribution is 1.87. The van der Waals surface area contributed by atoms with Gasteiger partial charge in [0.1, 0.15) is 0 Å². The Balaban J connectivity index is 3.21. The van der Waals surface area contributed by atoms with Crippen molar-refractivity contribution in [3.05, 3.63) is 0 Å². The normalized spacial score (nSPS) is 11.5.